The molecule has 2 N–H and O–H groups in total. The van der Waals surface area contributed by atoms with Gasteiger partial charge in [0.1, 0.15) is 5.75 Å². The smallest absolute Gasteiger partial charge is 0.413 e. The maximum Gasteiger partial charge on any atom is 0.413 e. The minimum absolute atomic E-state index is 0.0936. The molecule has 1 aromatic carbocycles. The van der Waals surface area contributed by atoms with E-state index in [1.807, 2.05) is 32.9 Å². The second-order valence-electron chi connectivity index (χ2n) is 6.19. The lowest BCUT2D eigenvalue weighted by Gasteiger charge is -2.10. The Bertz CT molecular complexity index is 774. The van der Waals surface area contributed by atoms with Crippen molar-refractivity contribution < 1.29 is 19.1 Å². The van der Waals surface area contributed by atoms with Crippen molar-refractivity contribution in [3.05, 3.63) is 34.8 Å². The van der Waals surface area contributed by atoms with Crippen LogP contribution in [0.25, 0.3) is 0 Å². The SMILES string of the molecule is COc1ccc(C)cc1NC(=O)Cc1csc(NC(=O)OCC(C)C)n1. The predicted octanol–water partition coefficient (Wildman–Crippen LogP) is 3.85. The van der Waals surface area contributed by atoms with Crippen molar-refractivity contribution >= 4 is 34.2 Å². The third-order valence-electron chi connectivity index (χ3n) is 3.28. The molecule has 0 aliphatic carbocycles. The molecular weight excluding hydrogens is 354 g/mol. The molecule has 7 nitrogen and oxygen atoms in total. The average molecular weight is 377 g/mol. The molecule has 0 saturated carbocycles. The standard InChI is InChI=1S/C18H23N3O4S/c1-11(2)9-25-18(23)21-17-19-13(10-26-17)8-16(22)20-14-7-12(3)5-6-15(14)24-4/h5-7,10-11H,8-9H2,1-4H3,(H,20,22)(H,19,21,23). The molecule has 2 aromatic rings. The van der Waals surface area contributed by atoms with E-state index in [2.05, 4.69) is 15.6 Å². The highest BCUT2D eigenvalue weighted by molar-refractivity contribution is 7.13. The number of benzene rings is 1. The molecule has 2 amide bonds. The molecule has 0 atom stereocenters. The Morgan fingerprint density at radius 1 is 1.27 bits per heavy atom. The molecule has 0 spiro atoms. The maximum absolute atomic E-state index is 12.3. The molecule has 0 radical (unpaired) electrons. The van der Waals surface area contributed by atoms with E-state index in [4.69, 9.17) is 9.47 Å². The summed E-state index contributed by atoms with van der Waals surface area (Å²) in [5, 5.41) is 7.51. The predicted molar refractivity (Wildman–Crippen MR) is 102 cm³/mol. The van der Waals surface area contributed by atoms with Crippen LogP contribution in [0.3, 0.4) is 0 Å². The number of amides is 2. The van der Waals surface area contributed by atoms with Crippen LogP contribution in [-0.4, -0.2) is 30.7 Å². The highest BCUT2D eigenvalue weighted by Crippen LogP contribution is 2.25. The fourth-order valence-corrected chi connectivity index (χ4v) is 2.79. The highest BCUT2D eigenvalue weighted by Gasteiger charge is 2.13. The number of nitrogens with zero attached hydrogens (tertiary/aromatic N) is 1. The zero-order chi connectivity index (χ0) is 19.1. The molecule has 0 unspecified atom stereocenters. The third-order valence-corrected chi connectivity index (χ3v) is 4.09. The van der Waals surface area contributed by atoms with Gasteiger partial charge in [-0.15, -0.1) is 11.3 Å². The Labute approximate surface area is 156 Å². The number of thiazole rings is 1. The van der Waals surface area contributed by atoms with Gasteiger partial charge in [0.2, 0.25) is 5.91 Å². The minimum Gasteiger partial charge on any atom is -0.495 e. The quantitative estimate of drug-likeness (QED) is 0.765. The van der Waals surface area contributed by atoms with Gasteiger partial charge in [-0.2, -0.15) is 0 Å². The number of nitrogens with one attached hydrogen (secondary N) is 2. The van der Waals surface area contributed by atoms with E-state index < -0.39 is 6.09 Å². The Balaban J connectivity index is 1.91. The summed E-state index contributed by atoms with van der Waals surface area (Å²) in [5.74, 6) is 0.639. The van der Waals surface area contributed by atoms with Crippen molar-refractivity contribution in [3.63, 3.8) is 0 Å². The molecule has 2 rings (SSSR count). The normalized spacial score (nSPS) is 10.5. The van der Waals surface area contributed by atoms with E-state index >= 15 is 0 Å². The first kappa shape index (κ1) is 19.7. The fraction of sp³-hybridized carbons (Fsp3) is 0.389. The number of aryl methyl sites for hydroxylation is 1. The van der Waals surface area contributed by atoms with Crippen LogP contribution < -0.4 is 15.4 Å². The van der Waals surface area contributed by atoms with Crippen LogP contribution in [0.1, 0.15) is 25.1 Å². The number of carbonyl (C=O) groups is 2. The van der Waals surface area contributed by atoms with Gasteiger partial charge in [-0.05, 0) is 30.5 Å². The van der Waals surface area contributed by atoms with Gasteiger partial charge in [-0.1, -0.05) is 19.9 Å². The summed E-state index contributed by atoms with van der Waals surface area (Å²) >= 11 is 1.24. The van der Waals surface area contributed by atoms with Gasteiger partial charge in [0.15, 0.2) is 5.13 Å². The number of rotatable bonds is 7. The topological polar surface area (TPSA) is 89.6 Å². The zero-order valence-corrected chi connectivity index (χ0v) is 16.1. The average Bonchev–Trinajstić information content (AvgIpc) is 2.99. The summed E-state index contributed by atoms with van der Waals surface area (Å²) in [5.41, 5.74) is 2.20. The van der Waals surface area contributed by atoms with Crippen molar-refractivity contribution in [2.75, 3.05) is 24.4 Å². The Morgan fingerprint density at radius 2 is 2.04 bits per heavy atom. The first-order chi connectivity index (χ1) is 12.4. The Hall–Kier alpha value is -2.61. The number of ether oxygens (including phenoxy) is 2. The molecule has 0 fully saturated rings. The molecule has 1 aromatic heterocycles. The molecule has 0 aliphatic heterocycles. The molecule has 8 heteroatoms. The number of carbonyl (C=O) groups excluding carboxylic acids is 2. The van der Waals surface area contributed by atoms with Crippen LogP contribution in [0.2, 0.25) is 0 Å². The monoisotopic (exact) mass is 377 g/mol. The van der Waals surface area contributed by atoms with Crippen LogP contribution in [0.5, 0.6) is 5.75 Å². The van der Waals surface area contributed by atoms with Gasteiger partial charge in [0.05, 0.1) is 31.5 Å². The second-order valence-corrected chi connectivity index (χ2v) is 7.05. The van der Waals surface area contributed by atoms with Crippen molar-refractivity contribution in [1.82, 2.24) is 4.98 Å². The van der Waals surface area contributed by atoms with Gasteiger partial charge in [0.25, 0.3) is 0 Å². The first-order valence-electron chi connectivity index (χ1n) is 8.20. The lowest BCUT2D eigenvalue weighted by atomic mass is 10.2. The molecule has 26 heavy (non-hydrogen) atoms. The van der Waals surface area contributed by atoms with Crippen molar-refractivity contribution in [2.24, 2.45) is 5.92 Å². The number of aromatic nitrogens is 1. The molecular formula is C18H23N3O4S. The summed E-state index contributed by atoms with van der Waals surface area (Å²) in [4.78, 5) is 28.1. The van der Waals surface area contributed by atoms with Gasteiger partial charge in [-0.25, -0.2) is 9.78 Å². The van der Waals surface area contributed by atoms with Gasteiger partial charge < -0.3 is 14.8 Å². The van der Waals surface area contributed by atoms with Crippen LogP contribution in [0, 0.1) is 12.8 Å². The molecule has 0 bridgehead atoms. The summed E-state index contributed by atoms with van der Waals surface area (Å²) in [6, 6.07) is 5.55. The van der Waals surface area contributed by atoms with E-state index in [0.29, 0.717) is 28.9 Å². The third kappa shape index (κ3) is 6.03. The van der Waals surface area contributed by atoms with Crippen LogP contribution in [0.15, 0.2) is 23.6 Å². The lowest BCUT2D eigenvalue weighted by Crippen LogP contribution is -2.17. The number of anilines is 2. The zero-order valence-electron chi connectivity index (χ0n) is 15.3. The number of hydrogen-bond acceptors (Lipinski definition) is 6. The minimum atomic E-state index is -0.548. The van der Waals surface area contributed by atoms with Gasteiger partial charge >= 0.3 is 6.09 Å². The Kier molecular flexibility index (Phi) is 6.97. The van der Waals surface area contributed by atoms with Crippen LogP contribution in [0.4, 0.5) is 15.6 Å². The van der Waals surface area contributed by atoms with Crippen LogP contribution in [-0.2, 0) is 16.0 Å². The molecule has 140 valence electrons. The summed E-state index contributed by atoms with van der Waals surface area (Å²) < 4.78 is 10.3. The Morgan fingerprint density at radius 3 is 2.73 bits per heavy atom. The van der Waals surface area contributed by atoms with E-state index in [1.54, 1.807) is 18.6 Å². The van der Waals surface area contributed by atoms with E-state index in [-0.39, 0.29) is 18.2 Å². The highest BCUT2D eigenvalue weighted by atomic mass is 32.1. The molecule has 1 heterocycles. The summed E-state index contributed by atoms with van der Waals surface area (Å²) in [7, 11) is 1.55. The van der Waals surface area contributed by atoms with E-state index in [9.17, 15) is 9.59 Å². The maximum atomic E-state index is 12.3. The molecule has 0 aliphatic rings. The lowest BCUT2D eigenvalue weighted by molar-refractivity contribution is -0.115. The second kappa shape index (κ2) is 9.19. The van der Waals surface area contributed by atoms with Crippen LogP contribution >= 0.6 is 11.3 Å². The van der Waals surface area contributed by atoms with Gasteiger partial charge in [-0.3, -0.25) is 10.1 Å². The van der Waals surface area contributed by atoms with Crippen molar-refractivity contribution in [2.45, 2.75) is 27.2 Å². The van der Waals surface area contributed by atoms with E-state index in [0.717, 1.165) is 5.56 Å². The largest absolute Gasteiger partial charge is 0.495 e. The van der Waals surface area contributed by atoms with Crippen molar-refractivity contribution in [1.29, 1.82) is 0 Å². The van der Waals surface area contributed by atoms with Gasteiger partial charge in [0, 0.05) is 5.38 Å². The summed E-state index contributed by atoms with van der Waals surface area (Å²) in [6.07, 6.45) is -0.454. The molecule has 0 saturated heterocycles. The number of methoxy groups -OCH3 is 1. The van der Waals surface area contributed by atoms with Crippen molar-refractivity contribution in [3.8, 4) is 5.75 Å². The number of hydrogen-bond donors (Lipinski definition) is 2. The fourth-order valence-electron chi connectivity index (χ4n) is 2.09. The first-order valence-corrected chi connectivity index (χ1v) is 9.08. The van der Waals surface area contributed by atoms with E-state index in [1.165, 1.54) is 11.3 Å². The summed E-state index contributed by atoms with van der Waals surface area (Å²) in [6.45, 7) is 6.18.